The van der Waals surface area contributed by atoms with E-state index in [-0.39, 0.29) is 18.6 Å². The molecule has 2 rings (SSSR count). The highest BCUT2D eigenvalue weighted by Gasteiger charge is 2.35. The standard InChI is InChI=1S/C14H26N4O3/c15-13(19)10-21-9-7-17-14(20)12-2-1-8-18(12)11-3-5-16-6-4-11/h11-12,16H,1-10H2,(H2,15,19)(H,17,20). The molecule has 0 aromatic rings. The van der Waals surface area contributed by atoms with Crippen molar-refractivity contribution in [3.63, 3.8) is 0 Å². The average Bonchev–Trinajstić information content (AvgIpc) is 2.97. The minimum Gasteiger partial charge on any atom is -0.370 e. The van der Waals surface area contributed by atoms with Crippen molar-refractivity contribution in [2.24, 2.45) is 5.73 Å². The largest absolute Gasteiger partial charge is 0.370 e. The van der Waals surface area contributed by atoms with E-state index < -0.39 is 5.91 Å². The molecule has 0 aliphatic carbocycles. The van der Waals surface area contributed by atoms with Crippen LogP contribution in [0.2, 0.25) is 0 Å². The van der Waals surface area contributed by atoms with E-state index in [2.05, 4.69) is 15.5 Å². The summed E-state index contributed by atoms with van der Waals surface area (Å²) in [6, 6.07) is 0.514. The predicted molar refractivity (Wildman–Crippen MR) is 78.6 cm³/mol. The van der Waals surface area contributed by atoms with Crippen LogP contribution in [0.3, 0.4) is 0 Å². The number of nitrogens with one attached hydrogen (secondary N) is 2. The SMILES string of the molecule is NC(=O)COCCNC(=O)C1CCCN1C1CCNCC1. The van der Waals surface area contributed by atoms with Crippen LogP contribution in [-0.2, 0) is 14.3 Å². The number of carbonyl (C=O) groups is 2. The maximum absolute atomic E-state index is 12.3. The highest BCUT2D eigenvalue weighted by molar-refractivity contribution is 5.82. The first-order valence-electron chi connectivity index (χ1n) is 7.78. The van der Waals surface area contributed by atoms with Crippen molar-refractivity contribution in [3.05, 3.63) is 0 Å². The summed E-state index contributed by atoms with van der Waals surface area (Å²) in [4.78, 5) is 25.2. The summed E-state index contributed by atoms with van der Waals surface area (Å²) in [6.07, 6.45) is 4.25. The molecule has 0 saturated carbocycles. The van der Waals surface area contributed by atoms with Crippen LogP contribution in [0.25, 0.3) is 0 Å². The number of hydrogen-bond acceptors (Lipinski definition) is 5. The second-order valence-corrected chi connectivity index (χ2v) is 5.69. The van der Waals surface area contributed by atoms with E-state index in [1.54, 1.807) is 0 Å². The fraction of sp³-hybridized carbons (Fsp3) is 0.857. The lowest BCUT2D eigenvalue weighted by Gasteiger charge is -2.35. The van der Waals surface area contributed by atoms with Crippen LogP contribution in [0.5, 0.6) is 0 Å². The Bertz CT molecular complexity index is 358. The molecule has 7 heteroatoms. The number of nitrogens with zero attached hydrogens (tertiary/aromatic N) is 1. The molecule has 0 bridgehead atoms. The van der Waals surface area contributed by atoms with Gasteiger partial charge in [0.1, 0.15) is 6.61 Å². The van der Waals surface area contributed by atoms with Crippen molar-refractivity contribution >= 4 is 11.8 Å². The van der Waals surface area contributed by atoms with Crippen LogP contribution in [0, 0.1) is 0 Å². The number of rotatable bonds is 7. The van der Waals surface area contributed by atoms with E-state index in [0.29, 0.717) is 19.2 Å². The first kappa shape index (κ1) is 16.2. The molecule has 2 amide bonds. The lowest BCUT2D eigenvalue weighted by atomic mass is 10.0. The van der Waals surface area contributed by atoms with Crippen LogP contribution in [0.4, 0.5) is 0 Å². The van der Waals surface area contributed by atoms with Crippen LogP contribution in [0.15, 0.2) is 0 Å². The van der Waals surface area contributed by atoms with Gasteiger partial charge in [-0.3, -0.25) is 14.5 Å². The second kappa shape index (κ2) is 8.31. The molecule has 0 spiro atoms. The highest BCUT2D eigenvalue weighted by atomic mass is 16.5. The molecule has 0 aromatic heterocycles. The smallest absolute Gasteiger partial charge is 0.243 e. The Balaban J connectivity index is 1.71. The molecular weight excluding hydrogens is 272 g/mol. The third kappa shape index (κ3) is 4.94. The number of likely N-dealkylation sites (tertiary alicyclic amines) is 1. The van der Waals surface area contributed by atoms with Gasteiger partial charge in [0.25, 0.3) is 0 Å². The predicted octanol–water partition coefficient (Wildman–Crippen LogP) is -1.18. The summed E-state index contributed by atoms with van der Waals surface area (Å²) in [5.74, 6) is -0.414. The number of carbonyl (C=O) groups excluding carboxylic acids is 2. The van der Waals surface area contributed by atoms with E-state index in [9.17, 15) is 9.59 Å². The van der Waals surface area contributed by atoms with Crippen LogP contribution in [-0.4, -0.2) is 68.2 Å². The normalized spacial score (nSPS) is 24.1. The molecule has 120 valence electrons. The molecule has 1 unspecified atom stereocenters. The Hall–Kier alpha value is -1.18. The molecule has 2 aliphatic heterocycles. The Labute approximate surface area is 125 Å². The highest BCUT2D eigenvalue weighted by Crippen LogP contribution is 2.24. The monoisotopic (exact) mass is 298 g/mol. The first-order chi connectivity index (χ1) is 10.2. The van der Waals surface area contributed by atoms with E-state index in [4.69, 9.17) is 10.5 Å². The number of nitrogens with two attached hydrogens (primary N) is 1. The van der Waals surface area contributed by atoms with Gasteiger partial charge in [0.05, 0.1) is 12.6 Å². The van der Waals surface area contributed by atoms with Crippen LogP contribution >= 0.6 is 0 Å². The first-order valence-corrected chi connectivity index (χ1v) is 7.78. The van der Waals surface area contributed by atoms with Crippen LogP contribution < -0.4 is 16.4 Å². The van der Waals surface area contributed by atoms with Crippen molar-refractivity contribution in [1.29, 1.82) is 0 Å². The van der Waals surface area contributed by atoms with Gasteiger partial charge in [0.15, 0.2) is 0 Å². The zero-order valence-electron chi connectivity index (χ0n) is 12.5. The molecule has 2 aliphatic rings. The fourth-order valence-electron chi connectivity index (χ4n) is 3.18. The van der Waals surface area contributed by atoms with Crippen molar-refractivity contribution in [1.82, 2.24) is 15.5 Å². The minimum absolute atomic E-state index is 0.00996. The van der Waals surface area contributed by atoms with E-state index in [1.807, 2.05) is 0 Å². The van der Waals surface area contributed by atoms with Gasteiger partial charge in [-0.25, -0.2) is 0 Å². The molecule has 2 saturated heterocycles. The topological polar surface area (TPSA) is 96.7 Å². The number of primary amides is 1. The summed E-state index contributed by atoms with van der Waals surface area (Å²) in [6.45, 7) is 3.73. The summed E-state index contributed by atoms with van der Waals surface area (Å²) >= 11 is 0. The Kier molecular flexibility index (Phi) is 6.41. The molecule has 0 aromatic carbocycles. The van der Waals surface area contributed by atoms with Gasteiger partial charge in [-0.05, 0) is 45.3 Å². The summed E-state index contributed by atoms with van der Waals surface area (Å²) in [7, 11) is 0. The Morgan fingerprint density at radius 2 is 2.05 bits per heavy atom. The maximum Gasteiger partial charge on any atom is 0.243 e. The second-order valence-electron chi connectivity index (χ2n) is 5.69. The third-order valence-electron chi connectivity index (χ3n) is 4.16. The van der Waals surface area contributed by atoms with Gasteiger partial charge in [0, 0.05) is 12.6 Å². The van der Waals surface area contributed by atoms with Crippen molar-refractivity contribution in [2.75, 3.05) is 39.4 Å². The number of amides is 2. The van der Waals surface area contributed by atoms with Crippen LogP contribution in [0.1, 0.15) is 25.7 Å². The number of piperidine rings is 1. The molecule has 7 nitrogen and oxygen atoms in total. The van der Waals surface area contributed by atoms with E-state index >= 15 is 0 Å². The zero-order chi connectivity index (χ0) is 15.1. The van der Waals surface area contributed by atoms with Crippen molar-refractivity contribution < 1.29 is 14.3 Å². The van der Waals surface area contributed by atoms with Gasteiger partial charge >= 0.3 is 0 Å². The zero-order valence-corrected chi connectivity index (χ0v) is 12.5. The molecule has 1 atom stereocenters. The minimum atomic E-state index is -0.491. The summed E-state index contributed by atoms with van der Waals surface area (Å²) < 4.78 is 5.04. The van der Waals surface area contributed by atoms with Gasteiger partial charge in [-0.1, -0.05) is 0 Å². The summed E-state index contributed by atoms with van der Waals surface area (Å²) in [5.41, 5.74) is 4.97. The third-order valence-corrected chi connectivity index (χ3v) is 4.16. The van der Waals surface area contributed by atoms with Crippen molar-refractivity contribution in [3.8, 4) is 0 Å². The lowest BCUT2D eigenvalue weighted by Crippen LogP contribution is -2.51. The molecule has 2 fully saturated rings. The molecular formula is C14H26N4O3. The van der Waals surface area contributed by atoms with Gasteiger partial charge in [0.2, 0.25) is 11.8 Å². The number of hydrogen-bond donors (Lipinski definition) is 3. The number of ether oxygens (including phenoxy) is 1. The van der Waals surface area contributed by atoms with Gasteiger partial charge < -0.3 is 21.1 Å². The van der Waals surface area contributed by atoms with Gasteiger partial charge in [-0.2, -0.15) is 0 Å². The fourth-order valence-corrected chi connectivity index (χ4v) is 3.18. The Morgan fingerprint density at radius 1 is 1.29 bits per heavy atom. The maximum atomic E-state index is 12.3. The summed E-state index contributed by atoms with van der Waals surface area (Å²) in [5, 5.41) is 6.25. The average molecular weight is 298 g/mol. The van der Waals surface area contributed by atoms with Crippen molar-refractivity contribution in [2.45, 2.75) is 37.8 Å². The molecule has 2 heterocycles. The molecule has 21 heavy (non-hydrogen) atoms. The molecule has 4 N–H and O–H groups in total. The van der Waals surface area contributed by atoms with E-state index in [1.165, 1.54) is 0 Å². The van der Waals surface area contributed by atoms with Gasteiger partial charge in [-0.15, -0.1) is 0 Å². The van der Waals surface area contributed by atoms with E-state index in [0.717, 1.165) is 45.3 Å². The molecule has 0 radical (unpaired) electrons. The lowest BCUT2D eigenvalue weighted by molar-refractivity contribution is -0.126. The quantitative estimate of drug-likeness (QED) is 0.514. The Morgan fingerprint density at radius 3 is 2.76 bits per heavy atom.